The molecule has 4 aromatic rings. The number of hydrogen-bond acceptors (Lipinski definition) is 4. The van der Waals surface area contributed by atoms with Crippen molar-refractivity contribution in [3.05, 3.63) is 123 Å². The highest BCUT2D eigenvalue weighted by Crippen LogP contribution is 2.42. The maximum absolute atomic E-state index is 14.7. The van der Waals surface area contributed by atoms with Crippen LogP contribution in [0.5, 0.6) is 5.75 Å². The molecule has 0 bridgehead atoms. The molecule has 1 aliphatic carbocycles. The summed E-state index contributed by atoms with van der Waals surface area (Å²) < 4.78 is 21.2. The largest absolute Gasteiger partial charge is 0.489 e. The predicted octanol–water partition coefficient (Wildman–Crippen LogP) is 8.55. The normalized spacial score (nSPS) is 17.0. The van der Waals surface area contributed by atoms with Crippen LogP contribution in [-0.2, 0) is 26.0 Å². The van der Waals surface area contributed by atoms with Crippen LogP contribution in [-0.4, -0.2) is 35.0 Å². The van der Waals surface area contributed by atoms with Crippen LogP contribution < -0.4 is 4.74 Å². The molecule has 6 heteroatoms. The average molecular weight is 612 g/mol. The second kappa shape index (κ2) is 13.6. The predicted molar refractivity (Wildman–Crippen MR) is 174 cm³/mol. The van der Waals surface area contributed by atoms with Gasteiger partial charge in [-0.3, -0.25) is 9.69 Å². The van der Waals surface area contributed by atoms with Gasteiger partial charge in [-0.15, -0.1) is 0 Å². The van der Waals surface area contributed by atoms with E-state index in [9.17, 15) is 14.3 Å². The average Bonchev–Trinajstić information content (AvgIpc) is 3.45. The summed E-state index contributed by atoms with van der Waals surface area (Å²) in [7, 11) is 0. The van der Waals surface area contributed by atoms with Crippen LogP contribution in [0.25, 0.3) is 11.1 Å². The van der Waals surface area contributed by atoms with E-state index < -0.39 is 0 Å². The molecule has 1 N–H and O–H groups in total. The van der Waals surface area contributed by atoms with Crippen LogP contribution in [0.3, 0.4) is 0 Å². The Kier molecular flexibility index (Phi) is 9.46. The zero-order valence-corrected chi connectivity index (χ0v) is 26.0. The SMILES string of the molecule is CCC(=O)c1cccc(COc2cc(C[C@H]3CCc4c(-c5ccccc5F)cccc43)c(Cl)cc2CN2CCC(O)CC2)c1. The minimum Gasteiger partial charge on any atom is -0.489 e. The van der Waals surface area contributed by atoms with Gasteiger partial charge >= 0.3 is 0 Å². The third kappa shape index (κ3) is 6.76. The van der Waals surface area contributed by atoms with Crippen LogP contribution in [0.15, 0.2) is 78.9 Å². The Bertz CT molecular complexity index is 1650. The van der Waals surface area contributed by atoms with E-state index in [1.165, 1.54) is 17.2 Å². The smallest absolute Gasteiger partial charge is 0.162 e. The lowest BCUT2D eigenvalue weighted by atomic mass is 9.90. The minimum atomic E-state index is -0.237. The summed E-state index contributed by atoms with van der Waals surface area (Å²) in [6.07, 6.45) is 4.39. The number of halogens is 2. The summed E-state index contributed by atoms with van der Waals surface area (Å²) in [5.41, 5.74) is 7.80. The standard InChI is InChI=1S/C38H39ClFNO3/c1-2-37(43)27-8-5-7-25(19-27)24-44-38-22-28(35(39)21-29(38)23-41-17-15-30(42)16-18-41)20-26-13-14-33-31(26)10-6-11-32(33)34-9-3-4-12-36(34)40/h3-12,19,21-22,26,30,42H,2,13-18,20,23-24H2,1H3/t26-/m1/s1. The Hall–Kier alpha value is -3.51. The highest BCUT2D eigenvalue weighted by molar-refractivity contribution is 6.31. The van der Waals surface area contributed by atoms with E-state index in [1.807, 2.05) is 61.5 Å². The molecule has 0 aromatic heterocycles. The Labute approximate surface area is 264 Å². The first-order valence-electron chi connectivity index (χ1n) is 15.7. The van der Waals surface area contributed by atoms with E-state index in [0.29, 0.717) is 30.7 Å². The van der Waals surface area contributed by atoms with E-state index in [1.54, 1.807) is 6.07 Å². The number of aliphatic hydroxyl groups excluding tert-OH is 1. The van der Waals surface area contributed by atoms with Crippen LogP contribution in [0, 0.1) is 5.82 Å². The second-order valence-corrected chi connectivity index (χ2v) is 12.5. The van der Waals surface area contributed by atoms with Crippen LogP contribution in [0.4, 0.5) is 4.39 Å². The zero-order chi connectivity index (χ0) is 30.6. The maximum Gasteiger partial charge on any atom is 0.162 e. The van der Waals surface area contributed by atoms with E-state index in [0.717, 1.165) is 78.2 Å². The van der Waals surface area contributed by atoms with Gasteiger partial charge in [0.25, 0.3) is 0 Å². The van der Waals surface area contributed by atoms with Gasteiger partial charge in [-0.25, -0.2) is 4.39 Å². The van der Waals surface area contributed by atoms with E-state index in [-0.39, 0.29) is 23.6 Å². The van der Waals surface area contributed by atoms with Gasteiger partial charge in [0.1, 0.15) is 18.2 Å². The van der Waals surface area contributed by atoms with Crippen molar-refractivity contribution in [1.29, 1.82) is 0 Å². The number of ketones is 1. The number of Topliss-reactive ketones (excluding diaryl/α,β-unsaturated/α-hetero) is 1. The number of likely N-dealkylation sites (tertiary alicyclic amines) is 1. The second-order valence-electron chi connectivity index (χ2n) is 12.1. The lowest BCUT2D eigenvalue weighted by molar-refractivity contribution is 0.0787. The number of rotatable bonds is 10. The Morgan fingerprint density at radius 3 is 2.52 bits per heavy atom. The number of hydrogen-bond donors (Lipinski definition) is 1. The summed E-state index contributed by atoms with van der Waals surface area (Å²) in [6.45, 7) is 4.55. The van der Waals surface area contributed by atoms with Gasteiger partial charge in [0.2, 0.25) is 0 Å². The molecule has 4 nitrogen and oxygen atoms in total. The van der Waals surface area contributed by atoms with Crippen molar-refractivity contribution >= 4 is 17.4 Å². The van der Waals surface area contributed by atoms with Gasteiger partial charge in [-0.2, -0.15) is 0 Å². The topological polar surface area (TPSA) is 49.8 Å². The molecule has 0 spiro atoms. The third-order valence-electron chi connectivity index (χ3n) is 9.17. The molecule has 4 aromatic carbocycles. The highest BCUT2D eigenvalue weighted by Gasteiger charge is 2.27. The molecule has 0 radical (unpaired) electrons. The number of carbonyl (C=O) groups is 1. The van der Waals surface area contributed by atoms with Crippen molar-refractivity contribution in [1.82, 2.24) is 4.90 Å². The number of ether oxygens (including phenoxy) is 1. The molecule has 1 fully saturated rings. The maximum atomic E-state index is 14.7. The highest BCUT2D eigenvalue weighted by atomic mass is 35.5. The molecule has 228 valence electrons. The van der Waals surface area contributed by atoms with E-state index in [4.69, 9.17) is 16.3 Å². The van der Waals surface area contributed by atoms with Crippen molar-refractivity contribution < 1.29 is 19.0 Å². The van der Waals surface area contributed by atoms with Crippen molar-refractivity contribution in [3.63, 3.8) is 0 Å². The molecular weight excluding hydrogens is 573 g/mol. The molecule has 1 atom stereocenters. The molecule has 0 amide bonds. The third-order valence-corrected chi connectivity index (χ3v) is 9.52. The molecule has 44 heavy (non-hydrogen) atoms. The molecule has 0 saturated carbocycles. The number of aliphatic hydroxyl groups is 1. The quantitative estimate of drug-likeness (QED) is 0.183. The number of piperidine rings is 1. The first-order valence-corrected chi connectivity index (χ1v) is 16.1. The lowest BCUT2D eigenvalue weighted by Gasteiger charge is -2.30. The first kappa shape index (κ1) is 30.5. The summed E-state index contributed by atoms with van der Waals surface area (Å²) in [6, 6.07) is 25.0. The summed E-state index contributed by atoms with van der Waals surface area (Å²) in [5, 5.41) is 10.7. The van der Waals surface area contributed by atoms with Gasteiger partial charge in [-0.1, -0.05) is 73.1 Å². The van der Waals surface area contributed by atoms with Crippen molar-refractivity contribution in [2.45, 2.75) is 70.6 Å². The number of benzene rings is 4. The van der Waals surface area contributed by atoms with Gasteiger partial charge in [0, 0.05) is 47.8 Å². The molecule has 1 heterocycles. The van der Waals surface area contributed by atoms with Crippen LogP contribution in [0.1, 0.15) is 76.7 Å². The number of carbonyl (C=O) groups excluding carboxylic acids is 1. The fourth-order valence-electron chi connectivity index (χ4n) is 6.72. The minimum absolute atomic E-state index is 0.114. The molecular formula is C38H39ClFNO3. The van der Waals surface area contributed by atoms with Gasteiger partial charge in [-0.05, 0) is 90.1 Å². The first-order chi connectivity index (χ1) is 21.4. The zero-order valence-electron chi connectivity index (χ0n) is 25.2. The summed E-state index contributed by atoms with van der Waals surface area (Å²) in [5.74, 6) is 0.982. The number of fused-ring (bicyclic) bond motifs is 1. The van der Waals surface area contributed by atoms with Crippen molar-refractivity contribution in [2.24, 2.45) is 0 Å². The Morgan fingerprint density at radius 2 is 1.73 bits per heavy atom. The Balaban J connectivity index is 1.27. The fourth-order valence-corrected chi connectivity index (χ4v) is 6.98. The molecule has 2 aliphatic rings. The van der Waals surface area contributed by atoms with Gasteiger partial charge < -0.3 is 9.84 Å². The molecule has 0 unspecified atom stereocenters. The van der Waals surface area contributed by atoms with E-state index in [2.05, 4.69) is 17.0 Å². The van der Waals surface area contributed by atoms with Crippen LogP contribution in [0.2, 0.25) is 5.02 Å². The summed E-state index contributed by atoms with van der Waals surface area (Å²) >= 11 is 6.98. The lowest BCUT2D eigenvalue weighted by Crippen LogP contribution is -2.35. The van der Waals surface area contributed by atoms with Crippen molar-refractivity contribution in [3.8, 4) is 16.9 Å². The summed E-state index contributed by atoms with van der Waals surface area (Å²) in [4.78, 5) is 14.6. The molecule has 6 rings (SSSR count). The monoisotopic (exact) mass is 611 g/mol. The fraction of sp³-hybridized carbons (Fsp3) is 0.342. The van der Waals surface area contributed by atoms with Crippen LogP contribution >= 0.6 is 11.6 Å². The van der Waals surface area contributed by atoms with Crippen molar-refractivity contribution in [2.75, 3.05) is 13.1 Å². The van der Waals surface area contributed by atoms with E-state index >= 15 is 0 Å². The number of nitrogens with zero attached hydrogens (tertiary/aromatic N) is 1. The Morgan fingerprint density at radius 1 is 0.955 bits per heavy atom. The van der Waals surface area contributed by atoms with Gasteiger partial charge in [0.05, 0.1) is 6.10 Å². The molecule has 1 aliphatic heterocycles. The molecule has 1 saturated heterocycles. The van der Waals surface area contributed by atoms with Gasteiger partial charge in [0.15, 0.2) is 5.78 Å².